The van der Waals surface area contributed by atoms with Crippen LogP contribution in [0.1, 0.15) is 23.2 Å². The van der Waals surface area contributed by atoms with E-state index in [9.17, 15) is 9.59 Å². The standard InChI is InChI=1S/C16H16N2O3/c1-21-16(20)14-5-3-9-18(14)13-7-6-11(10-19)15-12(13)4-2-8-17-15/h2,4,6-8,10,14H,3,5,9H2,1H3. The van der Waals surface area contributed by atoms with Crippen LogP contribution in [0.5, 0.6) is 0 Å². The summed E-state index contributed by atoms with van der Waals surface area (Å²) in [4.78, 5) is 29.4. The fourth-order valence-corrected chi connectivity index (χ4v) is 2.96. The lowest BCUT2D eigenvalue weighted by Gasteiger charge is -2.26. The van der Waals surface area contributed by atoms with Crippen LogP contribution in [-0.2, 0) is 9.53 Å². The predicted molar refractivity (Wildman–Crippen MR) is 79.5 cm³/mol. The van der Waals surface area contributed by atoms with Crippen LogP contribution in [0.4, 0.5) is 5.69 Å². The summed E-state index contributed by atoms with van der Waals surface area (Å²) in [6.45, 7) is 0.796. The number of carbonyl (C=O) groups excluding carboxylic acids is 2. The van der Waals surface area contributed by atoms with Gasteiger partial charge >= 0.3 is 5.97 Å². The van der Waals surface area contributed by atoms with Gasteiger partial charge in [0.05, 0.1) is 12.6 Å². The molecular formula is C16H16N2O3. The third kappa shape index (κ3) is 2.24. The van der Waals surface area contributed by atoms with Crippen molar-refractivity contribution in [1.29, 1.82) is 0 Å². The van der Waals surface area contributed by atoms with Crippen molar-refractivity contribution in [3.05, 3.63) is 36.0 Å². The molecule has 1 aromatic carbocycles. The van der Waals surface area contributed by atoms with Gasteiger partial charge in [0.2, 0.25) is 0 Å². The minimum absolute atomic E-state index is 0.219. The van der Waals surface area contributed by atoms with Gasteiger partial charge in [-0.3, -0.25) is 9.78 Å². The van der Waals surface area contributed by atoms with Gasteiger partial charge in [-0.25, -0.2) is 4.79 Å². The Morgan fingerprint density at radius 1 is 1.43 bits per heavy atom. The molecular weight excluding hydrogens is 268 g/mol. The zero-order chi connectivity index (χ0) is 14.8. The van der Waals surface area contributed by atoms with Crippen LogP contribution < -0.4 is 4.90 Å². The Labute approximate surface area is 122 Å². The molecule has 5 heteroatoms. The molecule has 1 aliphatic heterocycles. The SMILES string of the molecule is COC(=O)C1CCCN1c1ccc(C=O)c2ncccc12. The molecule has 0 saturated carbocycles. The van der Waals surface area contributed by atoms with Gasteiger partial charge in [0, 0.05) is 29.4 Å². The largest absolute Gasteiger partial charge is 0.467 e. The Kier molecular flexibility index (Phi) is 3.56. The molecule has 2 heterocycles. The summed E-state index contributed by atoms with van der Waals surface area (Å²) in [5, 5.41) is 0.887. The number of nitrogens with zero attached hydrogens (tertiary/aromatic N) is 2. The van der Waals surface area contributed by atoms with Crippen LogP contribution in [0.3, 0.4) is 0 Å². The number of hydrogen-bond donors (Lipinski definition) is 0. The van der Waals surface area contributed by atoms with Crippen LogP contribution in [0.25, 0.3) is 10.9 Å². The highest BCUT2D eigenvalue weighted by molar-refractivity contribution is 6.02. The van der Waals surface area contributed by atoms with Crippen molar-refractivity contribution in [2.45, 2.75) is 18.9 Å². The van der Waals surface area contributed by atoms with E-state index in [0.717, 1.165) is 36.7 Å². The lowest BCUT2D eigenvalue weighted by molar-refractivity contribution is -0.141. The maximum absolute atomic E-state index is 11.9. The number of anilines is 1. The van der Waals surface area contributed by atoms with E-state index in [2.05, 4.69) is 4.98 Å². The molecule has 0 aliphatic carbocycles. The van der Waals surface area contributed by atoms with Crippen molar-refractivity contribution in [3.63, 3.8) is 0 Å². The number of benzene rings is 1. The van der Waals surface area contributed by atoms with Crippen molar-refractivity contribution in [3.8, 4) is 0 Å². The highest BCUT2D eigenvalue weighted by Crippen LogP contribution is 2.33. The molecule has 0 spiro atoms. The number of methoxy groups -OCH3 is 1. The van der Waals surface area contributed by atoms with Crippen molar-refractivity contribution in [1.82, 2.24) is 4.98 Å². The quantitative estimate of drug-likeness (QED) is 0.638. The van der Waals surface area contributed by atoms with E-state index in [1.165, 1.54) is 7.11 Å². The molecule has 1 saturated heterocycles. The zero-order valence-electron chi connectivity index (χ0n) is 11.8. The first-order chi connectivity index (χ1) is 10.3. The average Bonchev–Trinajstić information content (AvgIpc) is 3.02. The Morgan fingerprint density at radius 2 is 2.29 bits per heavy atom. The Bertz CT molecular complexity index is 699. The molecule has 2 aromatic rings. The molecule has 0 bridgehead atoms. The first-order valence-electron chi connectivity index (χ1n) is 6.93. The van der Waals surface area contributed by atoms with Gasteiger partial charge in [-0.2, -0.15) is 0 Å². The minimum atomic E-state index is -0.263. The summed E-state index contributed by atoms with van der Waals surface area (Å²) in [6.07, 6.45) is 4.20. The number of aldehydes is 1. The topological polar surface area (TPSA) is 59.5 Å². The highest BCUT2D eigenvalue weighted by atomic mass is 16.5. The lowest BCUT2D eigenvalue weighted by atomic mass is 10.1. The second kappa shape index (κ2) is 5.52. The van der Waals surface area contributed by atoms with Gasteiger partial charge in [-0.05, 0) is 37.1 Å². The van der Waals surface area contributed by atoms with Gasteiger partial charge in [0.1, 0.15) is 6.04 Å². The van der Waals surface area contributed by atoms with Gasteiger partial charge in [-0.15, -0.1) is 0 Å². The highest BCUT2D eigenvalue weighted by Gasteiger charge is 2.32. The summed E-state index contributed by atoms with van der Waals surface area (Å²) in [5.41, 5.74) is 2.15. The summed E-state index contributed by atoms with van der Waals surface area (Å²) in [5.74, 6) is -0.219. The molecule has 1 fully saturated rings. The van der Waals surface area contributed by atoms with E-state index in [-0.39, 0.29) is 12.0 Å². The summed E-state index contributed by atoms with van der Waals surface area (Å²) < 4.78 is 4.89. The first-order valence-corrected chi connectivity index (χ1v) is 6.93. The van der Waals surface area contributed by atoms with Gasteiger partial charge < -0.3 is 9.64 Å². The normalized spacial score (nSPS) is 18.0. The number of rotatable bonds is 3. The molecule has 0 radical (unpaired) electrons. The first kappa shape index (κ1) is 13.5. The number of pyridine rings is 1. The van der Waals surface area contributed by atoms with Crippen LogP contribution >= 0.6 is 0 Å². The Hall–Kier alpha value is -2.43. The molecule has 1 aromatic heterocycles. The Balaban J connectivity index is 2.12. The molecule has 1 unspecified atom stereocenters. The number of ether oxygens (including phenoxy) is 1. The molecule has 1 aliphatic rings. The number of fused-ring (bicyclic) bond motifs is 1. The van der Waals surface area contributed by atoms with E-state index in [1.54, 1.807) is 12.3 Å². The van der Waals surface area contributed by atoms with Gasteiger partial charge in [0.25, 0.3) is 0 Å². The lowest BCUT2D eigenvalue weighted by Crippen LogP contribution is -2.37. The summed E-state index contributed by atoms with van der Waals surface area (Å²) >= 11 is 0. The minimum Gasteiger partial charge on any atom is -0.467 e. The molecule has 5 nitrogen and oxygen atoms in total. The van der Waals surface area contributed by atoms with Crippen LogP contribution in [-0.4, -0.2) is 36.9 Å². The summed E-state index contributed by atoms with van der Waals surface area (Å²) in [6, 6.07) is 7.14. The molecule has 0 amide bonds. The average molecular weight is 284 g/mol. The van der Waals surface area contributed by atoms with E-state index >= 15 is 0 Å². The van der Waals surface area contributed by atoms with Crippen molar-refractivity contribution in [2.75, 3.05) is 18.6 Å². The number of esters is 1. The monoisotopic (exact) mass is 284 g/mol. The second-order valence-corrected chi connectivity index (χ2v) is 5.07. The predicted octanol–water partition coefficient (Wildman–Crippen LogP) is 2.19. The molecule has 3 rings (SSSR count). The molecule has 21 heavy (non-hydrogen) atoms. The third-order valence-electron chi connectivity index (χ3n) is 3.94. The maximum atomic E-state index is 11.9. The van der Waals surface area contributed by atoms with Gasteiger partial charge in [0.15, 0.2) is 6.29 Å². The smallest absolute Gasteiger partial charge is 0.328 e. The van der Waals surface area contributed by atoms with Gasteiger partial charge in [-0.1, -0.05) is 0 Å². The third-order valence-corrected chi connectivity index (χ3v) is 3.94. The fourth-order valence-electron chi connectivity index (χ4n) is 2.96. The molecule has 108 valence electrons. The van der Waals surface area contributed by atoms with Crippen LogP contribution in [0.2, 0.25) is 0 Å². The van der Waals surface area contributed by atoms with Crippen LogP contribution in [0, 0.1) is 0 Å². The second-order valence-electron chi connectivity index (χ2n) is 5.07. The molecule has 0 N–H and O–H groups in total. The fraction of sp³-hybridized carbons (Fsp3) is 0.312. The number of carbonyl (C=O) groups is 2. The van der Waals surface area contributed by atoms with Crippen molar-refractivity contribution >= 4 is 28.8 Å². The Morgan fingerprint density at radius 3 is 3.05 bits per heavy atom. The molecule has 1 atom stereocenters. The van der Waals surface area contributed by atoms with Crippen molar-refractivity contribution < 1.29 is 14.3 Å². The van der Waals surface area contributed by atoms with E-state index in [1.807, 2.05) is 23.1 Å². The number of aromatic nitrogens is 1. The van der Waals surface area contributed by atoms with E-state index in [0.29, 0.717) is 11.1 Å². The van der Waals surface area contributed by atoms with Crippen molar-refractivity contribution in [2.24, 2.45) is 0 Å². The van der Waals surface area contributed by atoms with Crippen LogP contribution in [0.15, 0.2) is 30.5 Å². The van der Waals surface area contributed by atoms with E-state index in [4.69, 9.17) is 4.74 Å². The maximum Gasteiger partial charge on any atom is 0.328 e. The zero-order valence-corrected chi connectivity index (χ0v) is 11.8. The van der Waals surface area contributed by atoms with E-state index < -0.39 is 0 Å². The number of hydrogen-bond acceptors (Lipinski definition) is 5. The summed E-state index contributed by atoms with van der Waals surface area (Å²) in [7, 11) is 1.41.